The molecule has 1 aliphatic heterocycles. The van der Waals surface area contributed by atoms with Crippen LogP contribution in [0.3, 0.4) is 0 Å². The fourth-order valence-electron chi connectivity index (χ4n) is 4.42. The van der Waals surface area contributed by atoms with Crippen LogP contribution in [0, 0.1) is 24.4 Å². The van der Waals surface area contributed by atoms with Crippen LogP contribution in [-0.2, 0) is 4.74 Å². The number of hydrogen-bond acceptors (Lipinski definition) is 1. The van der Waals surface area contributed by atoms with Gasteiger partial charge in [0.15, 0.2) is 11.6 Å². The van der Waals surface area contributed by atoms with E-state index in [0.29, 0.717) is 23.3 Å². The summed E-state index contributed by atoms with van der Waals surface area (Å²) in [6.07, 6.45) is 6.67. The average molecular weight is 374 g/mol. The molecule has 2 aromatic carbocycles. The second-order valence-electron chi connectivity index (χ2n) is 7.86. The summed E-state index contributed by atoms with van der Waals surface area (Å²) < 4.78 is 49.5. The molecule has 0 amide bonds. The van der Waals surface area contributed by atoms with Crippen molar-refractivity contribution in [1.82, 2.24) is 0 Å². The van der Waals surface area contributed by atoms with E-state index in [1.165, 1.54) is 26.2 Å². The lowest BCUT2D eigenvalue weighted by atomic mass is 9.76. The summed E-state index contributed by atoms with van der Waals surface area (Å²) in [5, 5.41) is 0. The Morgan fingerprint density at radius 2 is 1.74 bits per heavy atom. The van der Waals surface area contributed by atoms with E-state index in [9.17, 15) is 8.78 Å². The quantitative estimate of drug-likeness (QED) is 0.441. The fraction of sp³-hybridized carbons (Fsp3) is 0.478. The molecule has 0 spiro atoms. The van der Waals surface area contributed by atoms with Crippen LogP contribution in [0.2, 0.25) is 0 Å². The molecule has 2 atom stereocenters. The van der Waals surface area contributed by atoms with Crippen molar-refractivity contribution in [2.75, 3.05) is 6.61 Å². The van der Waals surface area contributed by atoms with Gasteiger partial charge in [-0.15, -0.1) is 0 Å². The highest BCUT2D eigenvalue weighted by Crippen LogP contribution is 2.52. The fourth-order valence-corrected chi connectivity index (χ4v) is 4.42. The average Bonchev–Trinajstić information content (AvgIpc) is 2.66. The Morgan fingerprint density at radius 3 is 2.44 bits per heavy atom. The Hall–Kier alpha value is -1.81. The first-order valence-corrected chi connectivity index (χ1v) is 9.96. The summed E-state index contributed by atoms with van der Waals surface area (Å²) in [7, 11) is 0. The van der Waals surface area contributed by atoms with Crippen molar-refractivity contribution in [3.63, 3.8) is 0 Å². The number of fused-ring (bicyclic) bond motifs is 4. The standard InChI is InChI=1S/C23H25F3O/c1-3-4-5-6-15-8-7-14(12-27-15)16-9-10-17-18-11-13(2)21(24)23(26)20(18)19(17)22(16)25/h9-11,14-15H,3-8,12H2,1-2H3. The van der Waals surface area contributed by atoms with E-state index in [2.05, 4.69) is 6.92 Å². The smallest absolute Gasteiger partial charge is 0.167 e. The van der Waals surface area contributed by atoms with Gasteiger partial charge in [0.2, 0.25) is 0 Å². The third kappa shape index (κ3) is 3.08. The molecule has 1 saturated heterocycles. The summed E-state index contributed by atoms with van der Waals surface area (Å²) in [4.78, 5) is 0. The summed E-state index contributed by atoms with van der Waals surface area (Å²) in [5.74, 6) is -2.27. The Bertz CT molecular complexity index is 867. The zero-order valence-corrected chi connectivity index (χ0v) is 15.9. The van der Waals surface area contributed by atoms with Gasteiger partial charge < -0.3 is 4.74 Å². The number of aryl methyl sites for hydroxylation is 1. The predicted octanol–water partition coefficient (Wildman–Crippen LogP) is 6.90. The van der Waals surface area contributed by atoms with E-state index in [1.54, 1.807) is 12.1 Å². The molecule has 1 nitrogen and oxygen atoms in total. The minimum absolute atomic E-state index is 0.0277. The lowest BCUT2D eigenvalue weighted by Crippen LogP contribution is -2.25. The zero-order valence-electron chi connectivity index (χ0n) is 15.9. The van der Waals surface area contributed by atoms with Crippen LogP contribution in [0.5, 0.6) is 0 Å². The van der Waals surface area contributed by atoms with Gasteiger partial charge in [-0.25, -0.2) is 13.2 Å². The van der Waals surface area contributed by atoms with E-state index < -0.39 is 17.5 Å². The van der Waals surface area contributed by atoms with Gasteiger partial charge in [-0.05, 0) is 54.5 Å². The summed E-state index contributed by atoms with van der Waals surface area (Å²) >= 11 is 0. The Balaban J connectivity index is 1.54. The third-order valence-corrected chi connectivity index (χ3v) is 6.04. The molecule has 0 saturated carbocycles. The minimum atomic E-state index is -0.940. The molecule has 1 fully saturated rings. The highest BCUT2D eigenvalue weighted by atomic mass is 19.2. The van der Waals surface area contributed by atoms with Crippen LogP contribution in [-0.4, -0.2) is 12.7 Å². The molecule has 144 valence electrons. The normalized spacial score (nSPS) is 20.8. The SMILES string of the molecule is CCCCCC1CCC(c2ccc3c(c2F)-c2c-3cc(C)c(F)c2F)CO1. The molecule has 1 aliphatic carbocycles. The Kier molecular flexibility index (Phi) is 5.02. The largest absolute Gasteiger partial charge is 0.378 e. The highest BCUT2D eigenvalue weighted by Gasteiger charge is 2.35. The van der Waals surface area contributed by atoms with Gasteiger partial charge in [0.05, 0.1) is 12.7 Å². The van der Waals surface area contributed by atoms with Gasteiger partial charge in [0.1, 0.15) is 5.82 Å². The number of benzene rings is 2. The maximum atomic E-state index is 15.2. The lowest BCUT2D eigenvalue weighted by Gasteiger charge is -2.32. The molecular formula is C23H25F3O. The minimum Gasteiger partial charge on any atom is -0.378 e. The number of hydrogen-bond donors (Lipinski definition) is 0. The maximum absolute atomic E-state index is 15.2. The molecular weight excluding hydrogens is 349 g/mol. The monoisotopic (exact) mass is 374 g/mol. The Labute approximate surface area is 158 Å². The van der Waals surface area contributed by atoms with Gasteiger partial charge >= 0.3 is 0 Å². The number of ether oxygens (including phenoxy) is 1. The topological polar surface area (TPSA) is 9.23 Å². The van der Waals surface area contributed by atoms with Gasteiger partial charge in [0, 0.05) is 17.0 Å². The van der Waals surface area contributed by atoms with Gasteiger partial charge in [-0.2, -0.15) is 0 Å². The van der Waals surface area contributed by atoms with Crippen LogP contribution in [0.1, 0.15) is 62.5 Å². The number of rotatable bonds is 5. The molecule has 1 heterocycles. The zero-order chi connectivity index (χ0) is 19.1. The molecule has 0 radical (unpaired) electrons. The molecule has 2 aliphatic rings. The lowest BCUT2D eigenvalue weighted by molar-refractivity contribution is -0.00266. The van der Waals surface area contributed by atoms with E-state index in [1.807, 2.05) is 6.07 Å². The van der Waals surface area contributed by atoms with Crippen LogP contribution >= 0.6 is 0 Å². The first-order chi connectivity index (χ1) is 13.0. The first kappa shape index (κ1) is 18.5. The molecule has 0 bridgehead atoms. The van der Waals surface area contributed by atoms with E-state index in [4.69, 9.17) is 4.74 Å². The maximum Gasteiger partial charge on any atom is 0.167 e. The molecule has 2 aromatic rings. The van der Waals surface area contributed by atoms with Crippen molar-refractivity contribution < 1.29 is 17.9 Å². The summed E-state index contributed by atoms with van der Waals surface area (Å²) in [5.41, 5.74) is 2.39. The van der Waals surface area contributed by atoms with E-state index >= 15 is 4.39 Å². The van der Waals surface area contributed by atoms with Crippen LogP contribution < -0.4 is 0 Å². The molecule has 4 heteroatoms. The van der Waals surface area contributed by atoms with Gasteiger partial charge in [-0.1, -0.05) is 38.3 Å². The number of unbranched alkanes of at least 4 members (excludes halogenated alkanes) is 2. The van der Waals surface area contributed by atoms with Crippen LogP contribution in [0.15, 0.2) is 18.2 Å². The molecule has 0 N–H and O–H groups in total. The second-order valence-corrected chi connectivity index (χ2v) is 7.86. The second kappa shape index (κ2) is 7.31. The van der Waals surface area contributed by atoms with Crippen molar-refractivity contribution >= 4 is 0 Å². The molecule has 27 heavy (non-hydrogen) atoms. The third-order valence-electron chi connectivity index (χ3n) is 6.04. The predicted molar refractivity (Wildman–Crippen MR) is 101 cm³/mol. The summed E-state index contributed by atoms with van der Waals surface area (Å²) in [6.45, 7) is 4.20. The van der Waals surface area contributed by atoms with E-state index in [0.717, 1.165) is 19.3 Å². The Morgan fingerprint density at radius 1 is 0.963 bits per heavy atom. The molecule has 2 unspecified atom stereocenters. The first-order valence-electron chi connectivity index (χ1n) is 9.96. The van der Waals surface area contributed by atoms with Crippen molar-refractivity contribution in [3.05, 3.63) is 46.8 Å². The highest BCUT2D eigenvalue weighted by molar-refractivity contribution is 6.03. The van der Waals surface area contributed by atoms with Crippen molar-refractivity contribution in [1.29, 1.82) is 0 Å². The van der Waals surface area contributed by atoms with Gasteiger partial charge in [-0.3, -0.25) is 0 Å². The van der Waals surface area contributed by atoms with Crippen LogP contribution in [0.4, 0.5) is 13.2 Å². The molecule has 0 aromatic heterocycles. The van der Waals surface area contributed by atoms with Crippen molar-refractivity contribution in [2.24, 2.45) is 0 Å². The number of halogens is 3. The van der Waals surface area contributed by atoms with Gasteiger partial charge in [0.25, 0.3) is 0 Å². The van der Waals surface area contributed by atoms with E-state index in [-0.39, 0.29) is 28.7 Å². The molecule has 4 rings (SSSR count). The summed E-state index contributed by atoms with van der Waals surface area (Å²) in [6, 6.07) is 5.22. The van der Waals surface area contributed by atoms with Crippen LogP contribution in [0.25, 0.3) is 22.3 Å². The van der Waals surface area contributed by atoms with Crippen molar-refractivity contribution in [2.45, 2.75) is 64.4 Å². The van der Waals surface area contributed by atoms with Crippen molar-refractivity contribution in [3.8, 4) is 22.3 Å².